The van der Waals surface area contributed by atoms with Crippen LogP contribution >= 0.6 is 0 Å². The Kier molecular flexibility index (Phi) is 16.8. The first-order valence-electron chi connectivity index (χ1n) is 13.3. The largest absolute Gasteiger partial charge is 0.394 e. The highest BCUT2D eigenvalue weighted by molar-refractivity contribution is 4.92. The Labute approximate surface area is 200 Å². The monoisotopic (exact) mass is 477 g/mol. The minimum Gasteiger partial charge on any atom is -0.394 e. The van der Waals surface area contributed by atoms with E-state index in [1.165, 1.54) is 57.8 Å². The summed E-state index contributed by atoms with van der Waals surface area (Å²) in [6, 6.07) is -0.704. The van der Waals surface area contributed by atoms with Crippen LogP contribution in [0.5, 0.6) is 0 Å². The first-order valence-corrected chi connectivity index (χ1v) is 13.3. The third kappa shape index (κ3) is 11.8. The summed E-state index contributed by atoms with van der Waals surface area (Å²) in [5.74, 6) is 0. The number of rotatable bonds is 19. The van der Waals surface area contributed by atoms with Gasteiger partial charge in [-0.2, -0.15) is 0 Å². The molecule has 1 aliphatic heterocycles. The summed E-state index contributed by atoms with van der Waals surface area (Å²) in [5, 5.41) is 59.7. The summed E-state index contributed by atoms with van der Waals surface area (Å²) < 4.78 is 5.46. The van der Waals surface area contributed by atoms with Gasteiger partial charge in [0.2, 0.25) is 0 Å². The van der Waals surface area contributed by atoms with Gasteiger partial charge in [0.05, 0.1) is 24.9 Å². The van der Waals surface area contributed by atoms with Crippen LogP contribution in [-0.2, 0) is 4.74 Å². The molecule has 0 spiro atoms. The molecule has 1 aliphatic rings. The molecule has 0 saturated carbocycles. The van der Waals surface area contributed by atoms with Crippen molar-refractivity contribution in [2.24, 2.45) is 5.73 Å². The maximum atomic E-state index is 10.3. The Balaban J connectivity index is 2.12. The van der Waals surface area contributed by atoms with Crippen LogP contribution in [0.4, 0.5) is 0 Å². The average Bonchev–Trinajstić information content (AvgIpc) is 2.82. The van der Waals surface area contributed by atoms with Crippen molar-refractivity contribution in [3.05, 3.63) is 0 Å². The van der Waals surface area contributed by atoms with E-state index in [0.717, 1.165) is 19.3 Å². The molecule has 1 heterocycles. The predicted molar refractivity (Wildman–Crippen MR) is 129 cm³/mol. The third-order valence-electron chi connectivity index (χ3n) is 6.96. The Morgan fingerprint density at radius 3 is 1.70 bits per heavy atom. The van der Waals surface area contributed by atoms with Gasteiger partial charge in [0.1, 0.15) is 24.4 Å². The Morgan fingerprint density at radius 2 is 1.18 bits per heavy atom. The van der Waals surface area contributed by atoms with E-state index >= 15 is 0 Å². The molecule has 1 saturated heterocycles. The molecule has 1 fully saturated rings. The van der Waals surface area contributed by atoms with Crippen molar-refractivity contribution >= 4 is 0 Å². The van der Waals surface area contributed by atoms with Gasteiger partial charge in [-0.05, 0) is 19.3 Å². The number of aliphatic hydroxyl groups excluding tert-OH is 6. The summed E-state index contributed by atoms with van der Waals surface area (Å²) in [6.07, 6.45) is 7.95. The molecule has 0 amide bonds. The molecule has 198 valence electrons. The van der Waals surface area contributed by atoms with Crippen molar-refractivity contribution in [2.45, 2.75) is 152 Å². The SMILES string of the molecule is CCCCCCCCCCCCCC[C@@H](O)[C@@H](O)[C@@H](N)CC[C@@H]1OC(CO)[C@H](O)[C@H](O)C1O. The second-order valence-electron chi connectivity index (χ2n) is 9.84. The van der Waals surface area contributed by atoms with Gasteiger partial charge < -0.3 is 41.1 Å². The topological polar surface area (TPSA) is 157 Å². The number of ether oxygens (including phenoxy) is 1. The van der Waals surface area contributed by atoms with Crippen molar-refractivity contribution < 1.29 is 35.4 Å². The number of unbranched alkanes of at least 4 members (excludes halogenated alkanes) is 11. The molecule has 0 aromatic rings. The zero-order valence-corrected chi connectivity index (χ0v) is 20.6. The lowest BCUT2D eigenvalue weighted by Gasteiger charge is -2.40. The quantitative estimate of drug-likeness (QED) is 0.139. The lowest BCUT2D eigenvalue weighted by molar-refractivity contribution is -0.230. The highest BCUT2D eigenvalue weighted by atomic mass is 16.5. The summed E-state index contributed by atoms with van der Waals surface area (Å²) in [7, 11) is 0. The molecule has 0 aromatic carbocycles. The zero-order chi connectivity index (χ0) is 24.6. The molecular weight excluding hydrogens is 426 g/mol. The molecule has 8 heteroatoms. The smallest absolute Gasteiger partial charge is 0.111 e. The predicted octanol–water partition coefficient (Wildman–Crippen LogP) is 1.75. The van der Waals surface area contributed by atoms with E-state index in [4.69, 9.17) is 10.5 Å². The molecule has 8 atom stereocenters. The van der Waals surface area contributed by atoms with E-state index in [1.54, 1.807) is 0 Å². The van der Waals surface area contributed by atoms with Crippen molar-refractivity contribution in [1.29, 1.82) is 0 Å². The minimum absolute atomic E-state index is 0.227. The van der Waals surface area contributed by atoms with Gasteiger partial charge in [-0.25, -0.2) is 0 Å². The molecule has 0 aromatic heterocycles. The molecular formula is C25H51NO7. The van der Waals surface area contributed by atoms with Crippen LogP contribution in [0.25, 0.3) is 0 Å². The zero-order valence-electron chi connectivity index (χ0n) is 20.6. The van der Waals surface area contributed by atoms with Crippen LogP contribution in [0.3, 0.4) is 0 Å². The highest BCUT2D eigenvalue weighted by Gasteiger charge is 2.43. The van der Waals surface area contributed by atoms with E-state index in [9.17, 15) is 30.6 Å². The number of aliphatic hydroxyl groups is 6. The van der Waals surface area contributed by atoms with Crippen molar-refractivity contribution in [3.63, 3.8) is 0 Å². The molecule has 0 aliphatic carbocycles. The van der Waals surface area contributed by atoms with Gasteiger partial charge in [-0.15, -0.1) is 0 Å². The molecule has 2 unspecified atom stereocenters. The van der Waals surface area contributed by atoms with Gasteiger partial charge in [0.15, 0.2) is 0 Å². The fourth-order valence-electron chi connectivity index (χ4n) is 4.60. The number of hydrogen-bond donors (Lipinski definition) is 7. The maximum Gasteiger partial charge on any atom is 0.111 e. The van der Waals surface area contributed by atoms with Crippen molar-refractivity contribution in [2.75, 3.05) is 6.61 Å². The molecule has 8 N–H and O–H groups in total. The van der Waals surface area contributed by atoms with Crippen LogP contribution in [-0.4, -0.2) is 86.0 Å². The van der Waals surface area contributed by atoms with Crippen LogP contribution in [0.2, 0.25) is 0 Å². The van der Waals surface area contributed by atoms with Crippen LogP contribution < -0.4 is 5.73 Å². The first-order chi connectivity index (χ1) is 15.8. The fraction of sp³-hybridized carbons (Fsp3) is 1.00. The fourth-order valence-corrected chi connectivity index (χ4v) is 4.60. The summed E-state index contributed by atoms with van der Waals surface area (Å²) >= 11 is 0. The number of hydrogen-bond acceptors (Lipinski definition) is 8. The van der Waals surface area contributed by atoms with Crippen LogP contribution in [0.1, 0.15) is 103 Å². The van der Waals surface area contributed by atoms with E-state index < -0.39 is 55.4 Å². The second kappa shape index (κ2) is 18.0. The standard InChI is InChI=1S/C25H51NO7/c1-2-3-4-5-6-7-8-9-10-11-12-13-14-19(28)22(29)18(26)15-16-20-23(30)25(32)24(31)21(17-27)33-20/h18-25,27-32H,2-17,26H2,1H3/t18-,19+,20-,21?,22-,23?,24-,25+/m0/s1. The van der Waals surface area contributed by atoms with Gasteiger partial charge in [0, 0.05) is 6.04 Å². The first kappa shape index (κ1) is 30.7. The normalized spacial score (nSPS) is 28.5. The highest BCUT2D eigenvalue weighted by Crippen LogP contribution is 2.25. The second-order valence-corrected chi connectivity index (χ2v) is 9.84. The van der Waals surface area contributed by atoms with Crippen molar-refractivity contribution in [3.8, 4) is 0 Å². The Morgan fingerprint density at radius 1 is 0.697 bits per heavy atom. The minimum atomic E-state index is -1.42. The Bertz CT molecular complexity index is 468. The van der Waals surface area contributed by atoms with Gasteiger partial charge in [0.25, 0.3) is 0 Å². The summed E-state index contributed by atoms with van der Waals surface area (Å²) in [5.41, 5.74) is 6.04. The van der Waals surface area contributed by atoms with Crippen molar-refractivity contribution in [1.82, 2.24) is 0 Å². The van der Waals surface area contributed by atoms with Gasteiger partial charge in [-0.3, -0.25) is 0 Å². The number of nitrogens with two attached hydrogens (primary N) is 1. The van der Waals surface area contributed by atoms with Crippen LogP contribution in [0, 0.1) is 0 Å². The molecule has 33 heavy (non-hydrogen) atoms. The van der Waals surface area contributed by atoms with E-state index in [2.05, 4.69) is 6.92 Å². The summed E-state index contributed by atoms with van der Waals surface area (Å²) in [6.45, 7) is 1.76. The third-order valence-corrected chi connectivity index (χ3v) is 6.96. The van der Waals surface area contributed by atoms with Gasteiger partial charge in [-0.1, -0.05) is 84.0 Å². The average molecular weight is 478 g/mol. The lowest BCUT2D eigenvalue weighted by atomic mass is 9.90. The Hall–Kier alpha value is -0.320. The van der Waals surface area contributed by atoms with E-state index in [1.807, 2.05) is 0 Å². The molecule has 1 rings (SSSR count). The summed E-state index contributed by atoms with van der Waals surface area (Å²) in [4.78, 5) is 0. The molecule has 0 bridgehead atoms. The van der Waals surface area contributed by atoms with E-state index in [0.29, 0.717) is 6.42 Å². The molecule has 0 radical (unpaired) electrons. The lowest BCUT2D eigenvalue weighted by Crippen LogP contribution is -2.58. The van der Waals surface area contributed by atoms with Gasteiger partial charge >= 0.3 is 0 Å². The van der Waals surface area contributed by atoms with Crippen LogP contribution in [0.15, 0.2) is 0 Å². The maximum absolute atomic E-state index is 10.3. The van der Waals surface area contributed by atoms with E-state index in [-0.39, 0.29) is 12.8 Å². The molecule has 8 nitrogen and oxygen atoms in total.